The highest BCUT2D eigenvalue weighted by Crippen LogP contribution is 2.28. The molecule has 1 rings (SSSR count). The minimum atomic E-state index is -3.44. The third kappa shape index (κ3) is 2.88. The Bertz CT molecular complexity index is 300. The van der Waals surface area contributed by atoms with Gasteiger partial charge in [-0.15, -0.1) is 0 Å². The zero-order chi connectivity index (χ0) is 11.0. The molecular weight excluding hydrogens is 212 g/mol. The van der Waals surface area contributed by atoms with Gasteiger partial charge in [-0.2, -0.15) is 4.31 Å². The van der Waals surface area contributed by atoms with E-state index in [9.17, 15) is 17.2 Å². The molecule has 0 atom stereocenters. The normalized spacial score (nSPS) is 26.6. The summed E-state index contributed by atoms with van der Waals surface area (Å²) >= 11 is 0. The SMILES string of the molecule is CC(C)CN1CC(F)(F)CCS1(=O)=O. The van der Waals surface area contributed by atoms with Gasteiger partial charge >= 0.3 is 0 Å². The van der Waals surface area contributed by atoms with E-state index < -0.39 is 34.7 Å². The van der Waals surface area contributed by atoms with Crippen molar-refractivity contribution in [3.63, 3.8) is 0 Å². The average Bonchev–Trinajstić information content (AvgIpc) is 1.97. The van der Waals surface area contributed by atoms with E-state index in [1.807, 2.05) is 13.8 Å². The first-order valence-corrected chi connectivity index (χ1v) is 6.19. The van der Waals surface area contributed by atoms with Crippen LogP contribution in [0.25, 0.3) is 0 Å². The number of alkyl halides is 2. The zero-order valence-electron chi connectivity index (χ0n) is 8.33. The molecule has 1 fully saturated rings. The molecule has 0 saturated carbocycles. The first-order chi connectivity index (χ1) is 6.23. The second-order valence-electron chi connectivity index (χ2n) is 4.11. The minimum Gasteiger partial charge on any atom is -0.212 e. The summed E-state index contributed by atoms with van der Waals surface area (Å²) in [7, 11) is -3.44. The largest absolute Gasteiger partial charge is 0.262 e. The molecule has 3 nitrogen and oxygen atoms in total. The van der Waals surface area contributed by atoms with E-state index in [1.54, 1.807) is 0 Å². The Morgan fingerprint density at radius 1 is 1.43 bits per heavy atom. The molecular formula is C8H15F2NO2S. The maximum Gasteiger partial charge on any atom is 0.262 e. The highest BCUT2D eigenvalue weighted by molar-refractivity contribution is 7.89. The van der Waals surface area contributed by atoms with Gasteiger partial charge in [-0.25, -0.2) is 17.2 Å². The van der Waals surface area contributed by atoms with Gasteiger partial charge in [0, 0.05) is 13.0 Å². The third-order valence-corrected chi connectivity index (χ3v) is 3.88. The van der Waals surface area contributed by atoms with Crippen molar-refractivity contribution in [1.82, 2.24) is 4.31 Å². The molecule has 1 aliphatic heterocycles. The molecule has 14 heavy (non-hydrogen) atoms. The maximum absolute atomic E-state index is 12.9. The number of hydrogen-bond donors (Lipinski definition) is 0. The number of rotatable bonds is 2. The van der Waals surface area contributed by atoms with Crippen molar-refractivity contribution < 1.29 is 17.2 Å². The smallest absolute Gasteiger partial charge is 0.212 e. The fraction of sp³-hybridized carbons (Fsp3) is 1.00. The van der Waals surface area contributed by atoms with Gasteiger partial charge in [0.15, 0.2) is 0 Å². The topological polar surface area (TPSA) is 37.4 Å². The van der Waals surface area contributed by atoms with Gasteiger partial charge in [0.25, 0.3) is 5.92 Å². The molecule has 1 heterocycles. The van der Waals surface area contributed by atoms with Crippen molar-refractivity contribution in [3.05, 3.63) is 0 Å². The summed E-state index contributed by atoms with van der Waals surface area (Å²) < 4.78 is 49.6. The molecule has 0 aromatic heterocycles. The molecule has 0 aromatic carbocycles. The first kappa shape index (κ1) is 11.8. The lowest BCUT2D eigenvalue weighted by Crippen LogP contribution is -2.49. The molecule has 0 unspecified atom stereocenters. The van der Waals surface area contributed by atoms with Crippen LogP contribution in [0.4, 0.5) is 8.78 Å². The maximum atomic E-state index is 12.9. The van der Waals surface area contributed by atoms with Crippen molar-refractivity contribution >= 4 is 10.0 Å². The van der Waals surface area contributed by atoms with Crippen molar-refractivity contribution in [2.45, 2.75) is 26.2 Å². The Morgan fingerprint density at radius 3 is 2.50 bits per heavy atom. The third-order valence-electron chi connectivity index (χ3n) is 2.10. The van der Waals surface area contributed by atoms with Crippen LogP contribution in [0.2, 0.25) is 0 Å². The fourth-order valence-electron chi connectivity index (χ4n) is 1.43. The van der Waals surface area contributed by atoms with Gasteiger partial charge in [-0.3, -0.25) is 0 Å². The van der Waals surface area contributed by atoms with Crippen molar-refractivity contribution in [2.75, 3.05) is 18.8 Å². The molecule has 0 N–H and O–H groups in total. The second-order valence-corrected chi connectivity index (χ2v) is 6.20. The highest BCUT2D eigenvalue weighted by Gasteiger charge is 2.42. The van der Waals surface area contributed by atoms with Gasteiger partial charge in [-0.05, 0) is 5.92 Å². The van der Waals surface area contributed by atoms with E-state index in [4.69, 9.17) is 0 Å². The molecule has 0 spiro atoms. The molecule has 84 valence electrons. The van der Waals surface area contributed by atoms with Gasteiger partial charge in [0.2, 0.25) is 10.0 Å². The zero-order valence-corrected chi connectivity index (χ0v) is 9.15. The van der Waals surface area contributed by atoms with E-state index in [1.165, 1.54) is 0 Å². The quantitative estimate of drug-likeness (QED) is 0.713. The van der Waals surface area contributed by atoms with Gasteiger partial charge < -0.3 is 0 Å². The number of hydrogen-bond acceptors (Lipinski definition) is 2. The Hall–Kier alpha value is -0.230. The average molecular weight is 227 g/mol. The van der Waals surface area contributed by atoms with Crippen LogP contribution < -0.4 is 0 Å². The summed E-state index contributed by atoms with van der Waals surface area (Å²) in [5.41, 5.74) is 0. The Labute approximate surface area is 83.1 Å². The summed E-state index contributed by atoms with van der Waals surface area (Å²) in [5, 5.41) is 0. The monoisotopic (exact) mass is 227 g/mol. The predicted molar refractivity (Wildman–Crippen MR) is 49.8 cm³/mol. The van der Waals surface area contributed by atoms with E-state index in [0.717, 1.165) is 4.31 Å². The lowest BCUT2D eigenvalue weighted by molar-refractivity contribution is -0.0263. The Morgan fingerprint density at radius 2 is 2.00 bits per heavy atom. The summed E-state index contributed by atoms with van der Waals surface area (Å²) in [6.07, 6.45) is -0.552. The molecule has 0 radical (unpaired) electrons. The lowest BCUT2D eigenvalue weighted by atomic mass is 10.2. The van der Waals surface area contributed by atoms with Crippen molar-refractivity contribution in [2.24, 2.45) is 5.92 Å². The summed E-state index contributed by atoms with van der Waals surface area (Å²) in [5.74, 6) is -3.23. The minimum absolute atomic E-state index is 0.0682. The number of halogens is 2. The Kier molecular flexibility index (Phi) is 3.16. The van der Waals surface area contributed by atoms with Gasteiger partial charge in [-0.1, -0.05) is 13.8 Å². The standard InChI is InChI=1S/C8H15F2NO2S/c1-7(2)5-11-6-8(9,10)3-4-14(11,12)13/h7H,3-6H2,1-2H3. The summed E-state index contributed by atoms with van der Waals surface area (Å²) in [6.45, 7) is 3.13. The molecule has 0 aromatic rings. The number of nitrogens with zero attached hydrogens (tertiary/aromatic N) is 1. The van der Waals surface area contributed by atoms with Crippen LogP contribution in [0.3, 0.4) is 0 Å². The van der Waals surface area contributed by atoms with Crippen molar-refractivity contribution in [1.29, 1.82) is 0 Å². The van der Waals surface area contributed by atoms with Crippen LogP contribution >= 0.6 is 0 Å². The van der Waals surface area contributed by atoms with E-state index in [0.29, 0.717) is 0 Å². The number of sulfonamides is 1. The van der Waals surface area contributed by atoms with Crippen LogP contribution in [-0.2, 0) is 10.0 Å². The molecule has 0 aliphatic carbocycles. The summed E-state index contributed by atoms with van der Waals surface area (Å²) in [4.78, 5) is 0. The van der Waals surface area contributed by atoms with Gasteiger partial charge in [0.1, 0.15) is 0 Å². The van der Waals surface area contributed by atoms with E-state index in [2.05, 4.69) is 0 Å². The van der Waals surface area contributed by atoms with Crippen LogP contribution in [0.5, 0.6) is 0 Å². The van der Waals surface area contributed by atoms with Crippen molar-refractivity contribution in [3.8, 4) is 0 Å². The molecule has 0 bridgehead atoms. The molecule has 6 heteroatoms. The van der Waals surface area contributed by atoms with Gasteiger partial charge in [0.05, 0.1) is 12.3 Å². The lowest BCUT2D eigenvalue weighted by Gasteiger charge is -2.32. The van der Waals surface area contributed by atoms with Crippen LogP contribution in [-0.4, -0.2) is 37.5 Å². The van der Waals surface area contributed by atoms with Crippen LogP contribution in [0.15, 0.2) is 0 Å². The summed E-state index contributed by atoms with van der Waals surface area (Å²) in [6, 6.07) is 0. The molecule has 0 amide bonds. The highest BCUT2D eigenvalue weighted by atomic mass is 32.2. The molecule has 1 aliphatic rings. The first-order valence-electron chi connectivity index (χ1n) is 4.59. The fourth-order valence-corrected chi connectivity index (χ4v) is 3.15. The Balaban J connectivity index is 2.77. The second kappa shape index (κ2) is 3.73. The van der Waals surface area contributed by atoms with Crippen LogP contribution in [0, 0.1) is 5.92 Å². The van der Waals surface area contributed by atoms with Crippen LogP contribution in [0.1, 0.15) is 20.3 Å². The molecule has 1 saturated heterocycles. The predicted octanol–water partition coefficient (Wildman–Crippen LogP) is 1.31. The van der Waals surface area contributed by atoms with E-state index in [-0.39, 0.29) is 12.5 Å². The van der Waals surface area contributed by atoms with E-state index >= 15 is 0 Å².